The standard InChI is InChI=1S/C12H14N2O3/c1-16-8-2-3-9-10(6-8)13-11-7-17-5-4-14(11)12(9)15/h2-3,6,11,13H,4-5,7H2,1H3. The molecule has 2 aliphatic rings. The van der Waals surface area contributed by atoms with Crippen LogP contribution in [0, 0.1) is 0 Å². The van der Waals surface area contributed by atoms with Gasteiger partial charge in [-0.25, -0.2) is 0 Å². The zero-order chi connectivity index (χ0) is 11.8. The van der Waals surface area contributed by atoms with E-state index in [1.807, 2.05) is 11.0 Å². The number of carbonyl (C=O) groups is 1. The molecular formula is C12H14N2O3. The molecule has 1 unspecified atom stereocenters. The van der Waals surface area contributed by atoms with Crippen molar-refractivity contribution in [2.75, 3.05) is 32.2 Å². The molecular weight excluding hydrogens is 220 g/mol. The fourth-order valence-electron chi connectivity index (χ4n) is 2.26. The van der Waals surface area contributed by atoms with Crippen LogP contribution in [0.2, 0.25) is 0 Å². The molecule has 17 heavy (non-hydrogen) atoms. The molecule has 1 atom stereocenters. The van der Waals surface area contributed by atoms with Gasteiger partial charge in [-0.05, 0) is 12.1 Å². The van der Waals surface area contributed by atoms with E-state index in [4.69, 9.17) is 9.47 Å². The molecule has 1 aromatic rings. The van der Waals surface area contributed by atoms with E-state index in [9.17, 15) is 4.79 Å². The Balaban J connectivity index is 1.99. The molecule has 5 nitrogen and oxygen atoms in total. The molecule has 0 aliphatic carbocycles. The van der Waals surface area contributed by atoms with Crippen molar-refractivity contribution in [1.29, 1.82) is 0 Å². The van der Waals surface area contributed by atoms with Crippen molar-refractivity contribution in [3.8, 4) is 5.75 Å². The summed E-state index contributed by atoms with van der Waals surface area (Å²) in [6.45, 7) is 1.78. The first-order chi connectivity index (χ1) is 8.29. The summed E-state index contributed by atoms with van der Waals surface area (Å²) in [5, 5.41) is 3.30. The highest BCUT2D eigenvalue weighted by Crippen LogP contribution is 2.29. The van der Waals surface area contributed by atoms with E-state index in [1.165, 1.54) is 0 Å². The highest BCUT2D eigenvalue weighted by atomic mass is 16.5. The lowest BCUT2D eigenvalue weighted by atomic mass is 10.1. The van der Waals surface area contributed by atoms with Crippen LogP contribution in [0.5, 0.6) is 5.75 Å². The Hall–Kier alpha value is -1.75. The van der Waals surface area contributed by atoms with E-state index in [-0.39, 0.29) is 12.1 Å². The Morgan fingerprint density at radius 2 is 2.41 bits per heavy atom. The first-order valence-electron chi connectivity index (χ1n) is 5.63. The second-order valence-electron chi connectivity index (χ2n) is 4.15. The fraction of sp³-hybridized carbons (Fsp3) is 0.417. The van der Waals surface area contributed by atoms with Crippen molar-refractivity contribution in [2.24, 2.45) is 0 Å². The van der Waals surface area contributed by atoms with E-state index in [1.54, 1.807) is 19.2 Å². The Morgan fingerprint density at radius 3 is 3.24 bits per heavy atom. The van der Waals surface area contributed by atoms with Crippen molar-refractivity contribution in [1.82, 2.24) is 4.90 Å². The highest BCUT2D eigenvalue weighted by Gasteiger charge is 2.34. The van der Waals surface area contributed by atoms with Crippen molar-refractivity contribution in [3.05, 3.63) is 23.8 Å². The minimum Gasteiger partial charge on any atom is -0.497 e. The molecule has 0 radical (unpaired) electrons. The van der Waals surface area contributed by atoms with Crippen LogP contribution < -0.4 is 10.1 Å². The molecule has 0 saturated carbocycles. The quantitative estimate of drug-likeness (QED) is 0.785. The molecule has 2 aliphatic heterocycles. The lowest BCUT2D eigenvalue weighted by Gasteiger charge is -2.40. The molecule has 0 spiro atoms. The molecule has 2 heterocycles. The maximum Gasteiger partial charge on any atom is 0.257 e. The number of fused-ring (bicyclic) bond motifs is 2. The average Bonchev–Trinajstić information content (AvgIpc) is 2.38. The molecule has 90 valence electrons. The Labute approximate surface area is 99.3 Å². The monoisotopic (exact) mass is 234 g/mol. The van der Waals surface area contributed by atoms with Gasteiger partial charge in [-0.15, -0.1) is 0 Å². The molecule has 1 saturated heterocycles. The van der Waals surface area contributed by atoms with Gasteiger partial charge < -0.3 is 19.7 Å². The van der Waals surface area contributed by atoms with Crippen LogP contribution in [0.25, 0.3) is 0 Å². The minimum atomic E-state index is -0.0594. The van der Waals surface area contributed by atoms with Gasteiger partial charge in [0.25, 0.3) is 5.91 Å². The molecule has 1 N–H and O–H groups in total. The number of methoxy groups -OCH3 is 1. The van der Waals surface area contributed by atoms with Gasteiger partial charge in [0.05, 0.1) is 31.6 Å². The van der Waals surface area contributed by atoms with E-state index < -0.39 is 0 Å². The van der Waals surface area contributed by atoms with Crippen LogP contribution in [0.1, 0.15) is 10.4 Å². The zero-order valence-electron chi connectivity index (χ0n) is 9.60. The number of anilines is 1. The normalized spacial score (nSPS) is 22.5. The third kappa shape index (κ3) is 1.63. The fourth-order valence-corrected chi connectivity index (χ4v) is 2.26. The largest absolute Gasteiger partial charge is 0.497 e. The molecule has 5 heteroatoms. The number of hydrogen-bond acceptors (Lipinski definition) is 4. The summed E-state index contributed by atoms with van der Waals surface area (Å²) in [6.07, 6.45) is -0.0594. The molecule has 1 aromatic carbocycles. The van der Waals surface area contributed by atoms with Gasteiger partial charge in [-0.2, -0.15) is 0 Å². The first-order valence-corrected chi connectivity index (χ1v) is 5.63. The smallest absolute Gasteiger partial charge is 0.257 e. The minimum absolute atomic E-state index is 0.0594. The number of nitrogens with zero attached hydrogens (tertiary/aromatic N) is 1. The molecule has 3 rings (SSSR count). The summed E-state index contributed by atoms with van der Waals surface area (Å²) in [4.78, 5) is 14.1. The number of ether oxygens (including phenoxy) is 2. The van der Waals surface area contributed by atoms with Gasteiger partial charge in [-0.1, -0.05) is 0 Å². The van der Waals surface area contributed by atoms with Gasteiger partial charge in [0.2, 0.25) is 0 Å². The summed E-state index contributed by atoms with van der Waals surface area (Å²) in [5.74, 6) is 0.809. The predicted octanol–water partition coefficient (Wildman–Crippen LogP) is 0.919. The van der Waals surface area contributed by atoms with Crippen LogP contribution in [-0.4, -0.2) is 43.8 Å². The van der Waals surface area contributed by atoms with Crippen LogP contribution in [0.4, 0.5) is 5.69 Å². The number of hydrogen-bond donors (Lipinski definition) is 1. The van der Waals surface area contributed by atoms with Gasteiger partial charge in [0, 0.05) is 12.6 Å². The number of benzene rings is 1. The van der Waals surface area contributed by atoms with Gasteiger partial charge in [0.1, 0.15) is 11.9 Å². The maximum absolute atomic E-state index is 12.2. The van der Waals surface area contributed by atoms with Crippen molar-refractivity contribution in [2.45, 2.75) is 6.17 Å². The highest BCUT2D eigenvalue weighted by molar-refractivity contribution is 6.02. The average molecular weight is 234 g/mol. The predicted molar refractivity (Wildman–Crippen MR) is 62.3 cm³/mol. The van der Waals surface area contributed by atoms with Crippen LogP contribution in [-0.2, 0) is 4.74 Å². The van der Waals surface area contributed by atoms with Gasteiger partial charge >= 0.3 is 0 Å². The summed E-state index contributed by atoms with van der Waals surface area (Å²) in [6, 6.07) is 5.45. The Bertz CT molecular complexity index is 461. The third-order valence-electron chi connectivity index (χ3n) is 3.17. The van der Waals surface area contributed by atoms with Crippen molar-refractivity contribution < 1.29 is 14.3 Å². The summed E-state index contributed by atoms with van der Waals surface area (Å²) >= 11 is 0. The SMILES string of the molecule is COc1ccc2c(c1)NC1COCCN1C2=O. The molecule has 0 aromatic heterocycles. The van der Waals surface area contributed by atoms with Crippen LogP contribution >= 0.6 is 0 Å². The van der Waals surface area contributed by atoms with Gasteiger partial charge in [-0.3, -0.25) is 4.79 Å². The number of nitrogens with one attached hydrogen (secondary N) is 1. The van der Waals surface area contributed by atoms with Crippen molar-refractivity contribution >= 4 is 11.6 Å². The number of amides is 1. The third-order valence-corrected chi connectivity index (χ3v) is 3.17. The lowest BCUT2D eigenvalue weighted by Crippen LogP contribution is -2.55. The van der Waals surface area contributed by atoms with E-state index in [0.29, 0.717) is 25.3 Å². The molecule has 1 amide bonds. The Kier molecular flexibility index (Phi) is 2.40. The topological polar surface area (TPSA) is 50.8 Å². The first kappa shape index (κ1) is 10.4. The molecule has 1 fully saturated rings. The summed E-state index contributed by atoms with van der Waals surface area (Å²) < 4.78 is 10.5. The summed E-state index contributed by atoms with van der Waals surface area (Å²) in [5.41, 5.74) is 1.52. The molecule has 0 bridgehead atoms. The van der Waals surface area contributed by atoms with E-state index >= 15 is 0 Å². The zero-order valence-corrected chi connectivity index (χ0v) is 9.60. The number of carbonyl (C=O) groups excluding carboxylic acids is 1. The van der Waals surface area contributed by atoms with E-state index in [2.05, 4.69) is 5.32 Å². The second kappa shape index (κ2) is 3.92. The Morgan fingerprint density at radius 1 is 1.53 bits per heavy atom. The lowest BCUT2D eigenvalue weighted by molar-refractivity contribution is 0.00406. The number of rotatable bonds is 1. The van der Waals surface area contributed by atoms with E-state index in [0.717, 1.165) is 11.4 Å². The van der Waals surface area contributed by atoms with Crippen LogP contribution in [0.15, 0.2) is 18.2 Å². The van der Waals surface area contributed by atoms with Crippen LogP contribution in [0.3, 0.4) is 0 Å². The van der Waals surface area contributed by atoms with Crippen molar-refractivity contribution in [3.63, 3.8) is 0 Å². The summed E-state index contributed by atoms with van der Waals surface area (Å²) in [7, 11) is 1.61. The second-order valence-corrected chi connectivity index (χ2v) is 4.15. The number of morpholine rings is 1. The maximum atomic E-state index is 12.2. The van der Waals surface area contributed by atoms with Gasteiger partial charge in [0.15, 0.2) is 0 Å².